The summed E-state index contributed by atoms with van der Waals surface area (Å²) in [7, 11) is 1.64. The molecule has 0 saturated carbocycles. The van der Waals surface area contributed by atoms with Crippen molar-refractivity contribution >= 4 is 6.03 Å². The fourth-order valence-corrected chi connectivity index (χ4v) is 2.83. The number of carbonyl (C=O) groups is 1. The Balaban J connectivity index is 1.59. The molecule has 0 aliphatic carbocycles. The first kappa shape index (κ1) is 14.3. The van der Waals surface area contributed by atoms with E-state index in [1.807, 2.05) is 4.68 Å². The highest BCUT2D eigenvalue weighted by Gasteiger charge is 2.30. The molecule has 0 bridgehead atoms. The van der Waals surface area contributed by atoms with E-state index in [1.54, 1.807) is 12.0 Å². The van der Waals surface area contributed by atoms with Crippen molar-refractivity contribution < 1.29 is 14.3 Å². The second-order valence-electron chi connectivity index (χ2n) is 5.38. The first-order valence-corrected chi connectivity index (χ1v) is 7.30. The standard InChI is InChI=1S/C13H21N5O3/c1-20-8-10(11-3-2-6-21-11)16-13(19)17-4-5-18-12(7-17)14-9-15-18/h9-11H,2-8H2,1H3,(H,16,19). The van der Waals surface area contributed by atoms with E-state index in [1.165, 1.54) is 6.33 Å². The van der Waals surface area contributed by atoms with Crippen LogP contribution in [-0.2, 0) is 22.6 Å². The zero-order chi connectivity index (χ0) is 14.7. The minimum Gasteiger partial charge on any atom is -0.382 e. The van der Waals surface area contributed by atoms with Crippen LogP contribution in [-0.4, -0.2) is 64.7 Å². The number of nitrogens with zero attached hydrogens (tertiary/aromatic N) is 4. The fraction of sp³-hybridized carbons (Fsp3) is 0.769. The van der Waals surface area contributed by atoms with Crippen molar-refractivity contribution in [3.05, 3.63) is 12.2 Å². The highest BCUT2D eigenvalue weighted by molar-refractivity contribution is 5.74. The number of carbonyl (C=O) groups excluding carboxylic acids is 1. The van der Waals surface area contributed by atoms with E-state index < -0.39 is 0 Å². The molecule has 2 aliphatic rings. The molecular formula is C13H21N5O3. The van der Waals surface area contributed by atoms with Crippen LogP contribution in [0.15, 0.2) is 6.33 Å². The van der Waals surface area contributed by atoms with E-state index in [9.17, 15) is 4.79 Å². The molecule has 0 aromatic carbocycles. The molecule has 116 valence electrons. The van der Waals surface area contributed by atoms with Crippen LogP contribution in [0.2, 0.25) is 0 Å². The van der Waals surface area contributed by atoms with Crippen molar-refractivity contribution in [2.45, 2.75) is 38.1 Å². The lowest BCUT2D eigenvalue weighted by atomic mass is 10.1. The molecule has 0 spiro atoms. The normalized spacial score (nSPS) is 22.9. The van der Waals surface area contributed by atoms with Crippen LogP contribution in [0.5, 0.6) is 0 Å². The van der Waals surface area contributed by atoms with Crippen LogP contribution in [0, 0.1) is 0 Å². The predicted molar refractivity (Wildman–Crippen MR) is 73.6 cm³/mol. The van der Waals surface area contributed by atoms with Gasteiger partial charge in [0, 0.05) is 20.3 Å². The van der Waals surface area contributed by atoms with Gasteiger partial charge in [0.05, 0.1) is 31.8 Å². The van der Waals surface area contributed by atoms with Crippen LogP contribution in [0.4, 0.5) is 4.79 Å². The number of nitrogens with one attached hydrogen (secondary N) is 1. The molecule has 21 heavy (non-hydrogen) atoms. The summed E-state index contributed by atoms with van der Waals surface area (Å²) in [6.07, 6.45) is 3.56. The molecule has 1 fully saturated rings. The van der Waals surface area contributed by atoms with Crippen molar-refractivity contribution in [3.8, 4) is 0 Å². The number of aromatic nitrogens is 3. The Morgan fingerprint density at radius 3 is 3.29 bits per heavy atom. The number of amides is 2. The first-order valence-electron chi connectivity index (χ1n) is 7.30. The Bertz CT molecular complexity index is 486. The summed E-state index contributed by atoms with van der Waals surface area (Å²) < 4.78 is 12.7. The maximum absolute atomic E-state index is 12.4. The third kappa shape index (κ3) is 3.16. The van der Waals surface area contributed by atoms with Crippen LogP contribution < -0.4 is 5.32 Å². The van der Waals surface area contributed by atoms with Crippen LogP contribution in [0.3, 0.4) is 0 Å². The molecule has 2 aliphatic heterocycles. The van der Waals surface area contributed by atoms with Gasteiger partial charge in [-0.25, -0.2) is 14.5 Å². The van der Waals surface area contributed by atoms with Crippen LogP contribution in [0.1, 0.15) is 18.7 Å². The van der Waals surface area contributed by atoms with Gasteiger partial charge >= 0.3 is 6.03 Å². The second kappa shape index (κ2) is 6.40. The van der Waals surface area contributed by atoms with E-state index in [4.69, 9.17) is 9.47 Å². The van der Waals surface area contributed by atoms with Gasteiger partial charge in [0.2, 0.25) is 0 Å². The van der Waals surface area contributed by atoms with E-state index in [0.717, 1.165) is 25.3 Å². The van der Waals surface area contributed by atoms with Gasteiger partial charge in [-0.05, 0) is 12.8 Å². The Morgan fingerprint density at radius 2 is 2.52 bits per heavy atom. The Hall–Kier alpha value is -1.67. The summed E-state index contributed by atoms with van der Waals surface area (Å²) in [5.74, 6) is 0.816. The van der Waals surface area contributed by atoms with Gasteiger partial charge in [0.1, 0.15) is 12.2 Å². The summed E-state index contributed by atoms with van der Waals surface area (Å²) in [6.45, 7) is 3.01. The van der Waals surface area contributed by atoms with Crippen molar-refractivity contribution in [2.24, 2.45) is 0 Å². The number of rotatable bonds is 4. The van der Waals surface area contributed by atoms with E-state index in [0.29, 0.717) is 26.2 Å². The van der Waals surface area contributed by atoms with Gasteiger partial charge in [0.25, 0.3) is 0 Å². The minimum absolute atomic E-state index is 0.0438. The SMILES string of the molecule is COCC(NC(=O)N1CCn2ncnc2C1)C1CCCO1. The molecule has 0 radical (unpaired) electrons. The molecule has 1 saturated heterocycles. The number of fused-ring (bicyclic) bond motifs is 1. The molecule has 8 nitrogen and oxygen atoms in total. The second-order valence-corrected chi connectivity index (χ2v) is 5.38. The fourth-order valence-electron chi connectivity index (χ4n) is 2.83. The Labute approximate surface area is 123 Å². The summed E-state index contributed by atoms with van der Waals surface area (Å²) in [5.41, 5.74) is 0. The molecule has 8 heteroatoms. The zero-order valence-electron chi connectivity index (χ0n) is 12.2. The average molecular weight is 295 g/mol. The van der Waals surface area contributed by atoms with E-state index >= 15 is 0 Å². The van der Waals surface area contributed by atoms with Gasteiger partial charge in [-0.2, -0.15) is 5.10 Å². The number of hydrogen-bond acceptors (Lipinski definition) is 5. The van der Waals surface area contributed by atoms with Crippen molar-refractivity contribution in [2.75, 3.05) is 26.9 Å². The first-order chi connectivity index (χ1) is 10.3. The highest BCUT2D eigenvalue weighted by Crippen LogP contribution is 2.17. The molecule has 2 atom stereocenters. The summed E-state index contributed by atoms with van der Waals surface area (Å²) in [5, 5.41) is 7.14. The van der Waals surface area contributed by atoms with Gasteiger partial charge in [-0.15, -0.1) is 0 Å². The molecule has 3 heterocycles. The van der Waals surface area contributed by atoms with E-state index in [-0.39, 0.29) is 18.2 Å². The van der Waals surface area contributed by atoms with Crippen molar-refractivity contribution in [3.63, 3.8) is 0 Å². The molecule has 2 amide bonds. The number of ether oxygens (including phenoxy) is 2. The molecule has 3 rings (SSSR count). The lowest BCUT2D eigenvalue weighted by Gasteiger charge is -2.30. The highest BCUT2D eigenvalue weighted by atomic mass is 16.5. The lowest BCUT2D eigenvalue weighted by molar-refractivity contribution is 0.0440. The van der Waals surface area contributed by atoms with Crippen LogP contribution >= 0.6 is 0 Å². The largest absolute Gasteiger partial charge is 0.382 e. The average Bonchev–Trinajstić information content (AvgIpc) is 3.17. The topological polar surface area (TPSA) is 81.5 Å². The monoisotopic (exact) mass is 295 g/mol. The number of methoxy groups -OCH3 is 1. The molecular weight excluding hydrogens is 274 g/mol. The van der Waals surface area contributed by atoms with Gasteiger partial charge < -0.3 is 19.7 Å². The number of urea groups is 1. The van der Waals surface area contributed by atoms with Crippen molar-refractivity contribution in [1.82, 2.24) is 25.0 Å². The summed E-state index contributed by atoms with van der Waals surface area (Å²) in [6, 6.07) is -0.202. The van der Waals surface area contributed by atoms with Crippen LogP contribution in [0.25, 0.3) is 0 Å². The maximum Gasteiger partial charge on any atom is 0.318 e. The van der Waals surface area contributed by atoms with Gasteiger partial charge in [-0.3, -0.25) is 0 Å². The lowest BCUT2D eigenvalue weighted by Crippen LogP contribution is -2.52. The minimum atomic E-state index is -0.107. The molecule has 1 N–H and O–H groups in total. The Kier molecular flexibility index (Phi) is 4.35. The smallest absolute Gasteiger partial charge is 0.318 e. The third-order valence-electron chi connectivity index (χ3n) is 3.97. The third-order valence-corrected chi connectivity index (χ3v) is 3.97. The summed E-state index contributed by atoms with van der Waals surface area (Å²) in [4.78, 5) is 18.3. The Morgan fingerprint density at radius 1 is 1.62 bits per heavy atom. The van der Waals surface area contributed by atoms with Gasteiger partial charge in [0.15, 0.2) is 0 Å². The zero-order valence-corrected chi connectivity index (χ0v) is 12.2. The van der Waals surface area contributed by atoms with E-state index in [2.05, 4.69) is 15.4 Å². The number of hydrogen-bond donors (Lipinski definition) is 1. The molecule has 2 unspecified atom stereocenters. The molecule has 1 aromatic rings. The predicted octanol–water partition coefficient (Wildman–Crippen LogP) is -0.00270. The molecule has 1 aromatic heterocycles. The maximum atomic E-state index is 12.4. The van der Waals surface area contributed by atoms with Gasteiger partial charge in [-0.1, -0.05) is 0 Å². The summed E-state index contributed by atoms with van der Waals surface area (Å²) >= 11 is 0. The van der Waals surface area contributed by atoms with Crippen molar-refractivity contribution in [1.29, 1.82) is 0 Å². The quantitative estimate of drug-likeness (QED) is 0.845.